The molecule has 1 aromatic carbocycles. The molecule has 0 saturated carbocycles. The lowest BCUT2D eigenvalue weighted by Gasteiger charge is -2.33. The summed E-state index contributed by atoms with van der Waals surface area (Å²) in [6, 6.07) is 6.17. The molecule has 0 fully saturated rings. The van der Waals surface area contributed by atoms with E-state index < -0.39 is 0 Å². The van der Waals surface area contributed by atoms with E-state index in [1.54, 1.807) is 5.57 Å². The summed E-state index contributed by atoms with van der Waals surface area (Å²) in [4.78, 5) is 2.36. The van der Waals surface area contributed by atoms with Crippen molar-refractivity contribution in [2.75, 3.05) is 18.0 Å². The number of halogens is 1. The van der Waals surface area contributed by atoms with Gasteiger partial charge in [-0.3, -0.25) is 0 Å². The molecule has 0 saturated heterocycles. The Morgan fingerprint density at radius 3 is 2.53 bits per heavy atom. The molecular weight excluding hydrogens is 256 g/mol. The van der Waals surface area contributed by atoms with E-state index in [2.05, 4.69) is 37.8 Å². The SMILES string of the molecule is CC(C)(C)C1=CCN(c2ccc(CN)c(Cl)c2)CC1. The number of anilines is 1. The van der Waals surface area contributed by atoms with Gasteiger partial charge in [-0.1, -0.05) is 50.1 Å². The molecule has 1 aliphatic heterocycles. The van der Waals surface area contributed by atoms with Crippen LogP contribution in [-0.4, -0.2) is 13.1 Å². The van der Waals surface area contributed by atoms with Gasteiger partial charge in [0.15, 0.2) is 0 Å². The van der Waals surface area contributed by atoms with Crippen LogP contribution in [0.25, 0.3) is 0 Å². The molecule has 1 heterocycles. The molecule has 0 atom stereocenters. The fraction of sp³-hybridized carbons (Fsp3) is 0.500. The van der Waals surface area contributed by atoms with Gasteiger partial charge in [0.2, 0.25) is 0 Å². The second-order valence-corrected chi connectivity index (χ2v) is 6.56. The van der Waals surface area contributed by atoms with E-state index in [1.165, 1.54) is 5.69 Å². The van der Waals surface area contributed by atoms with Gasteiger partial charge in [0.05, 0.1) is 0 Å². The van der Waals surface area contributed by atoms with Crippen molar-refractivity contribution in [2.45, 2.75) is 33.7 Å². The Hall–Kier alpha value is -0.990. The summed E-state index contributed by atoms with van der Waals surface area (Å²) < 4.78 is 0. The molecule has 0 spiro atoms. The van der Waals surface area contributed by atoms with Crippen molar-refractivity contribution >= 4 is 17.3 Å². The highest BCUT2D eigenvalue weighted by molar-refractivity contribution is 6.31. The summed E-state index contributed by atoms with van der Waals surface area (Å²) in [5.41, 5.74) is 9.67. The molecule has 0 radical (unpaired) electrons. The Bertz CT molecular complexity index is 486. The van der Waals surface area contributed by atoms with E-state index in [9.17, 15) is 0 Å². The van der Waals surface area contributed by atoms with Gasteiger partial charge in [0.1, 0.15) is 0 Å². The zero-order valence-electron chi connectivity index (χ0n) is 12.0. The average Bonchev–Trinajstić information content (AvgIpc) is 2.38. The summed E-state index contributed by atoms with van der Waals surface area (Å²) in [6.45, 7) is 9.35. The van der Waals surface area contributed by atoms with Crippen LogP contribution in [0.4, 0.5) is 5.69 Å². The van der Waals surface area contributed by atoms with E-state index in [0.29, 0.717) is 6.54 Å². The fourth-order valence-electron chi connectivity index (χ4n) is 2.48. The maximum atomic E-state index is 6.23. The molecular formula is C16H23ClN2. The summed E-state index contributed by atoms with van der Waals surface area (Å²) in [5, 5.41) is 0.769. The van der Waals surface area contributed by atoms with Crippen LogP contribution < -0.4 is 10.6 Å². The monoisotopic (exact) mass is 278 g/mol. The predicted octanol–water partition coefficient (Wildman–Crippen LogP) is 3.98. The van der Waals surface area contributed by atoms with Gasteiger partial charge in [0, 0.05) is 30.3 Å². The van der Waals surface area contributed by atoms with Gasteiger partial charge in [0.25, 0.3) is 0 Å². The normalized spacial score (nSPS) is 16.5. The van der Waals surface area contributed by atoms with Gasteiger partial charge < -0.3 is 10.6 Å². The molecule has 0 aliphatic carbocycles. The van der Waals surface area contributed by atoms with E-state index >= 15 is 0 Å². The largest absolute Gasteiger partial charge is 0.367 e. The molecule has 19 heavy (non-hydrogen) atoms. The van der Waals surface area contributed by atoms with Crippen molar-refractivity contribution in [3.05, 3.63) is 40.4 Å². The average molecular weight is 279 g/mol. The van der Waals surface area contributed by atoms with Crippen LogP contribution in [0.2, 0.25) is 5.02 Å². The van der Waals surface area contributed by atoms with Crippen LogP contribution >= 0.6 is 11.6 Å². The lowest BCUT2D eigenvalue weighted by molar-refractivity contribution is 0.472. The summed E-state index contributed by atoms with van der Waals surface area (Å²) in [6.07, 6.45) is 3.48. The van der Waals surface area contributed by atoms with Gasteiger partial charge in [-0.05, 0) is 29.5 Å². The van der Waals surface area contributed by atoms with Gasteiger partial charge in [-0.15, -0.1) is 0 Å². The maximum Gasteiger partial charge on any atom is 0.0471 e. The van der Waals surface area contributed by atoms with Crippen molar-refractivity contribution in [1.29, 1.82) is 0 Å². The minimum Gasteiger partial charge on any atom is -0.367 e. The Morgan fingerprint density at radius 2 is 2.05 bits per heavy atom. The number of nitrogens with zero attached hydrogens (tertiary/aromatic N) is 1. The van der Waals surface area contributed by atoms with Crippen LogP contribution in [0.1, 0.15) is 32.8 Å². The summed E-state index contributed by atoms with van der Waals surface area (Å²) in [5.74, 6) is 0. The van der Waals surface area contributed by atoms with E-state index in [0.717, 1.165) is 30.1 Å². The summed E-state index contributed by atoms with van der Waals surface area (Å²) in [7, 11) is 0. The maximum absolute atomic E-state index is 6.23. The molecule has 1 aliphatic rings. The first-order valence-electron chi connectivity index (χ1n) is 6.85. The molecule has 104 valence electrons. The minimum atomic E-state index is 0.285. The Morgan fingerprint density at radius 1 is 1.32 bits per heavy atom. The molecule has 1 aromatic rings. The zero-order chi connectivity index (χ0) is 14.0. The highest BCUT2D eigenvalue weighted by Gasteiger charge is 2.21. The molecule has 2 rings (SSSR count). The molecule has 0 unspecified atom stereocenters. The lowest BCUT2D eigenvalue weighted by atomic mass is 9.83. The molecule has 0 bridgehead atoms. The van der Waals surface area contributed by atoms with Crippen molar-refractivity contribution in [2.24, 2.45) is 11.1 Å². The minimum absolute atomic E-state index is 0.285. The second-order valence-electron chi connectivity index (χ2n) is 6.16. The van der Waals surface area contributed by atoms with Crippen molar-refractivity contribution in [3.63, 3.8) is 0 Å². The second kappa shape index (κ2) is 5.56. The Kier molecular flexibility index (Phi) is 4.22. The number of hydrogen-bond acceptors (Lipinski definition) is 2. The topological polar surface area (TPSA) is 29.3 Å². The van der Waals surface area contributed by atoms with Crippen LogP contribution in [0.3, 0.4) is 0 Å². The molecule has 0 amide bonds. The zero-order valence-corrected chi connectivity index (χ0v) is 12.8. The third-order valence-corrected chi connectivity index (χ3v) is 4.15. The predicted molar refractivity (Wildman–Crippen MR) is 83.7 cm³/mol. The first-order chi connectivity index (χ1) is 8.91. The standard InChI is InChI=1S/C16H23ClN2/c1-16(2,3)13-6-8-19(9-7-13)14-5-4-12(11-18)15(17)10-14/h4-6,10H,7-9,11,18H2,1-3H3. The number of benzene rings is 1. The van der Waals surface area contributed by atoms with E-state index in [1.807, 2.05) is 12.1 Å². The van der Waals surface area contributed by atoms with Crippen LogP contribution in [0.5, 0.6) is 0 Å². The number of nitrogens with two attached hydrogens (primary N) is 1. The molecule has 0 aromatic heterocycles. The third-order valence-electron chi connectivity index (χ3n) is 3.79. The number of hydrogen-bond donors (Lipinski definition) is 1. The van der Waals surface area contributed by atoms with Crippen molar-refractivity contribution in [1.82, 2.24) is 0 Å². The van der Waals surface area contributed by atoms with Crippen molar-refractivity contribution in [3.8, 4) is 0 Å². The Balaban J connectivity index is 2.14. The van der Waals surface area contributed by atoms with Crippen LogP contribution in [0, 0.1) is 5.41 Å². The highest BCUT2D eigenvalue weighted by Crippen LogP contribution is 2.32. The Labute approximate surface area is 121 Å². The molecule has 2 nitrogen and oxygen atoms in total. The number of rotatable bonds is 2. The first kappa shape index (κ1) is 14.4. The summed E-state index contributed by atoms with van der Waals surface area (Å²) >= 11 is 6.23. The fourth-order valence-corrected chi connectivity index (χ4v) is 2.74. The molecule has 2 N–H and O–H groups in total. The van der Waals surface area contributed by atoms with Crippen LogP contribution in [-0.2, 0) is 6.54 Å². The van der Waals surface area contributed by atoms with Gasteiger partial charge in [-0.2, -0.15) is 0 Å². The lowest BCUT2D eigenvalue weighted by Crippen LogP contribution is -2.31. The van der Waals surface area contributed by atoms with Crippen LogP contribution in [0.15, 0.2) is 29.8 Å². The van der Waals surface area contributed by atoms with Gasteiger partial charge >= 0.3 is 0 Å². The molecule has 3 heteroatoms. The van der Waals surface area contributed by atoms with E-state index in [4.69, 9.17) is 17.3 Å². The third kappa shape index (κ3) is 3.31. The van der Waals surface area contributed by atoms with Gasteiger partial charge in [-0.25, -0.2) is 0 Å². The first-order valence-corrected chi connectivity index (χ1v) is 7.22. The van der Waals surface area contributed by atoms with Crippen molar-refractivity contribution < 1.29 is 0 Å². The highest BCUT2D eigenvalue weighted by atomic mass is 35.5. The quantitative estimate of drug-likeness (QED) is 0.829. The smallest absolute Gasteiger partial charge is 0.0471 e. The van der Waals surface area contributed by atoms with E-state index in [-0.39, 0.29) is 5.41 Å².